The third-order valence-electron chi connectivity index (χ3n) is 2.81. The molecule has 5 heteroatoms. The molecule has 0 saturated carbocycles. The maximum Gasteiger partial charge on any atom is 0.128 e. The second-order valence-electron chi connectivity index (χ2n) is 4.19. The van der Waals surface area contributed by atoms with Crippen molar-refractivity contribution in [1.29, 1.82) is 0 Å². The molecule has 0 spiro atoms. The molecule has 0 radical (unpaired) electrons. The highest BCUT2D eigenvalue weighted by atomic mass is 32.1. The summed E-state index contributed by atoms with van der Waals surface area (Å²) < 4.78 is 27.2. The Hall–Kier alpha value is -1.33. The molecule has 0 aliphatic rings. The fourth-order valence-electron chi connectivity index (χ4n) is 1.69. The molecule has 1 unspecified atom stereocenters. The zero-order valence-corrected chi connectivity index (χ0v) is 11.0. The largest absolute Gasteiger partial charge is 0.305 e. The van der Waals surface area contributed by atoms with Crippen molar-refractivity contribution in [1.82, 2.24) is 10.3 Å². The van der Waals surface area contributed by atoms with E-state index in [1.54, 1.807) is 18.6 Å². The van der Waals surface area contributed by atoms with Crippen molar-refractivity contribution in [3.05, 3.63) is 51.5 Å². The Morgan fingerprint density at radius 3 is 2.78 bits per heavy atom. The number of nitrogens with zero attached hydrogens (tertiary/aromatic N) is 1. The summed E-state index contributed by atoms with van der Waals surface area (Å²) in [6.07, 6.45) is 1.76. The average molecular weight is 268 g/mol. The summed E-state index contributed by atoms with van der Waals surface area (Å²) in [6.45, 7) is 3.96. The highest BCUT2D eigenvalue weighted by molar-refractivity contribution is 7.09. The van der Waals surface area contributed by atoms with Gasteiger partial charge in [0.05, 0.1) is 5.51 Å². The Morgan fingerprint density at radius 1 is 1.33 bits per heavy atom. The Bertz CT molecular complexity index is 526. The molecule has 1 aromatic heterocycles. The van der Waals surface area contributed by atoms with Gasteiger partial charge in [0.25, 0.3) is 0 Å². The fourth-order valence-corrected chi connectivity index (χ4v) is 2.23. The van der Waals surface area contributed by atoms with Crippen LogP contribution in [-0.2, 0) is 6.54 Å². The Labute approximate surface area is 109 Å². The topological polar surface area (TPSA) is 24.9 Å². The molecule has 1 heterocycles. The molecule has 0 amide bonds. The summed E-state index contributed by atoms with van der Waals surface area (Å²) in [6, 6.07) is 2.24. The van der Waals surface area contributed by atoms with Crippen molar-refractivity contribution in [2.45, 2.75) is 26.4 Å². The summed E-state index contributed by atoms with van der Waals surface area (Å²) in [5, 5.41) is 3.15. The molecular formula is C13H14F2N2S. The van der Waals surface area contributed by atoms with E-state index in [2.05, 4.69) is 10.3 Å². The number of halogens is 2. The molecule has 2 nitrogen and oxygen atoms in total. The molecule has 1 aromatic carbocycles. The fraction of sp³-hybridized carbons (Fsp3) is 0.308. The third-order valence-corrected chi connectivity index (χ3v) is 3.59. The van der Waals surface area contributed by atoms with Gasteiger partial charge in [-0.1, -0.05) is 0 Å². The van der Waals surface area contributed by atoms with Crippen LogP contribution in [0.25, 0.3) is 0 Å². The van der Waals surface area contributed by atoms with Crippen molar-refractivity contribution in [2.75, 3.05) is 0 Å². The molecular weight excluding hydrogens is 254 g/mol. The van der Waals surface area contributed by atoms with Crippen LogP contribution in [0.2, 0.25) is 0 Å². The lowest BCUT2D eigenvalue weighted by molar-refractivity contribution is 0.518. The number of aromatic nitrogens is 1. The minimum atomic E-state index is -0.377. The summed E-state index contributed by atoms with van der Waals surface area (Å²) in [7, 11) is 0. The SMILES string of the molecule is Cc1cc(F)c(C(C)NCc2cncs2)cc1F. The van der Waals surface area contributed by atoms with Gasteiger partial charge in [-0.2, -0.15) is 0 Å². The first-order valence-electron chi connectivity index (χ1n) is 5.64. The minimum absolute atomic E-state index is 0.248. The van der Waals surface area contributed by atoms with Crippen LogP contribution in [0, 0.1) is 18.6 Å². The number of aryl methyl sites for hydroxylation is 1. The lowest BCUT2D eigenvalue weighted by atomic mass is 10.1. The Kier molecular flexibility index (Phi) is 4.04. The molecule has 0 bridgehead atoms. The van der Waals surface area contributed by atoms with E-state index < -0.39 is 0 Å². The Morgan fingerprint density at radius 2 is 2.11 bits per heavy atom. The number of benzene rings is 1. The van der Waals surface area contributed by atoms with Crippen molar-refractivity contribution in [2.24, 2.45) is 0 Å². The van der Waals surface area contributed by atoms with Crippen molar-refractivity contribution >= 4 is 11.3 Å². The number of hydrogen-bond donors (Lipinski definition) is 1. The predicted molar refractivity (Wildman–Crippen MR) is 68.5 cm³/mol. The van der Waals surface area contributed by atoms with E-state index >= 15 is 0 Å². The molecule has 0 aliphatic carbocycles. The van der Waals surface area contributed by atoms with Crippen LogP contribution >= 0.6 is 11.3 Å². The second kappa shape index (κ2) is 5.54. The van der Waals surface area contributed by atoms with Gasteiger partial charge in [-0.25, -0.2) is 8.78 Å². The van der Waals surface area contributed by atoms with Crippen LogP contribution in [-0.4, -0.2) is 4.98 Å². The van der Waals surface area contributed by atoms with E-state index in [0.29, 0.717) is 17.7 Å². The molecule has 0 aliphatic heterocycles. The van der Waals surface area contributed by atoms with Gasteiger partial charge in [0.15, 0.2) is 0 Å². The minimum Gasteiger partial charge on any atom is -0.305 e. The summed E-state index contributed by atoms with van der Waals surface area (Å²) >= 11 is 1.53. The average Bonchev–Trinajstić information content (AvgIpc) is 2.84. The van der Waals surface area contributed by atoms with Crippen LogP contribution in [0.1, 0.15) is 29.0 Å². The zero-order valence-electron chi connectivity index (χ0n) is 10.2. The van der Waals surface area contributed by atoms with E-state index in [9.17, 15) is 8.78 Å². The molecule has 0 saturated heterocycles. The van der Waals surface area contributed by atoms with Crippen molar-refractivity contribution < 1.29 is 8.78 Å². The van der Waals surface area contributed by atoms with Crippen LogP contribution in [0.4, 0.5) is 8.78 Å². The monoisotopic (exact) mass is 268 g/mol. The van der Waals surface area contributed by atoms with E-state index in [-0.39, 0.29) is 17.7 Å². The van der Waals surface area contributed by atoms with Gasteiger partial charge in [-0.05, 0) is 31.5 Å². The smallest absolute Gasteiger partial charge is 0.128 e. The van der Waals surface area contributed by atoms with Gasteiger partial charge >= 0.3 is 0 Å². The van der Waals surface area contributed by atoms with Crippen LogP contribution in [0.15, 0.2) is 23.8 Å². The third kappa shape index (κ3) is 2.91. The van der Waals surface area contributed by atoms with Gasteiger partial charge in [0, 0.05) is 29.2 Å². The molecule has 1 N–H and O–H groups in total. The summed E-state index contributed by atoms with van der Waals surface area (Å²) in [4.78, 5) is 5.03. The molecule has 1 atom stereocenters. The van der Waals surface area contributed by atoms with Crippen LogP contribution in [0.5, 0.6) is 0 Å². The lowest BCUT2D eigenvalue weighted by Gasteiger charge is -2.15. The van der Waals surface area contributed by atoms with Gasteiger partial charge in [0.2, 0.25) is 0 Å². The van der Waals surface area contributed by atoms with E-state index in [0.717, 1.165) is 4.88 Å². The highest BCUT2D eigenvalue weighted by Gasteiger charge is 2.13. The molecule has 2 aromatic rings. The van der Waals surface area contributed by atoms with Gasteiger partial charge in [0.1, 0.15) is 11.6 Å². The first kappa shape index (κ1) is 13.1. The van der Waals surface area contributed by atoms with Gasteiger partial charge < -0.3 is 5.32 Å². The molecule has 0 fully saturated rings. The first-order valence-corrected chi connectivity index (χ1v) is 6.52. The second-order valence-corrected chi connectivity index (χ2v) is 5.16. The van der Waals surface area contributed by atoms with Crippen LogP contribution in [0.3, 0.4) is 0 Å². The quantitative estimate of drug-likeness (QED) is 0.916. The maximum absolute atomic E-state index is 13.7. The first-order chi connectivity index (χ1) is 8.58. The van der Waals surface area contributed by atoms with Crippen molar-refractivity contribution in [3.63, 3.8) is 0 Å². The van der Waals surface area contributed by atoms with Gasteiger partial charge in [-0.3, -0.25) is 4.98 Å². The van der Waals surface area contributed by atoms with Crippen LogP contribution < -0.4 is 5.32 Å². The zero-order chi connectivity index (χ0) is 13.1. The lowest BCUT2D eigenvalue weighted by Crippen LogP contribution is -2.19. The summed E-state index contributed by atoms with van der Waals surface area (Å²) in [5.74, 6) is -0.754. The molecule has 96 valence electrons. The summed E-state index contributed by atoms with van der Waals surface area (Å²) in [5.41, 5.74) is 2.42. The molecule has 18 heavy (non-hydrogen) atoms. The Balaban J connectivity index is 2.09. The maximum atomic E-state index is 13.7. The number of nitrogens with one attached hydrogen (secondary N) is 1. The van der Waals surface area contributed by atoms with Gasteiger partial charge in [-0.15, -0.1) is 11.3 Å². The highest BCUT2D eigenvalue weighted by Crippen LogP contribution is 2.21. The van der Waals surface area contributed by atoms with E-state index in [4.69, 9.17) is 0 Å². The predicted octanol–water partition coefficient (Wildman–Crippen LogP) is 3.58. The molecule has 2 rings (SSSR count). The number of thiazole rings is 1. The van der Waals surface area contributed by atoms with E-state index in [1.807, 2.05) is 6.92 Å². The normalized spacial score (nSPS) is 12.7. The number of rotatable bonds is 4. The standard InChI is InChI=1S/C13H14F2N2S/c1-8-3-13(15)11(4-12(8)14)9(2)17-6-10-5-16-7-18-10/h3-5,7,9,17H,6H2,1-2H3. The number of hydrogen-bond acceptors (Lipinski definition) is 3. The van der Waals surface area contributed by atoms with Crippen molar-refractivity contribution in [3.8, 4) is 0 Å². The van der Waals surface area contributed by atoms with E-state index in [1.165, 1.54) is 23.5 Å².